The van der Waals surface area contributed by atoms with E-state index in [1.807, 2.05) is 6.92 Å². The van der Waals surface area contributed by atoms with Crippen LogP contribution in [0.3, 0.4) is 0 Å². The van der Waals surface area contributed by atoms with E-state index in [2.05, 4.69) is 0 Å². The Bertz CT molecular complexity index is 498. The summed E-state index contributed by atoms with van der Waals surface area (Å²) < 4.78 is 5.40. The molecule has 1 aromatic carbocycles. The molecule has 0 bridgehead atoms. The number of ether oxygens (including phenoxy) is 1. The van der Waals surface area contributed by atoms with Crippen LogP contribution in [0.15, 0.2) is 18.2 Å². The van der Waals surface area contributed by atoms with Crippen molar-refractivity contribution in [2.24, 2.45) is 0 Å². The second kappa shape index (κ2) is 6.88. The third kappa shape index (κ3) is 4.53. The second-order valence-corrected chi connectivity index (χ2v) is 4.98. The fourth-order valence-electron chi connectivity index (χ4n) is 1.84. The lowest BCUT2D eigenvalue weighted by Gasteiger charge is -2.14. The van der Waals surface area contributed by atoms with Crippen LogP contribution >= 0.6 is 0 Å². The van der Waals surface area contributed by atoms with Gasteiger partial charge in [-0.3, -0.25) is 14.9 Å². The van der Waals surface area contributed by atoms with Crippen molar-refractivity contribution in [1.29, 1.82) is 0 Å². The molecule has 1 unspecified atom stereocenters. The zero-order chi connectivity index (χ0) is 15.3. The van der Waals surface area contributed by atoms with Gasteiger partial charge in [-0.2, -0.15) is 0 Å². The summed E-state index contributed by atoms with van der Waals surface area (Å²) in [5.41, 5.74) is 0.660. The van der Waals surface area contributed by atoms with Crippen molar-refractivity contribution in [2.45, 2.75) is 45.6 Å². The number of carbonyl (C=O) groups is 1. The monoisotopic (exact) mass is 281 g/mol. The molecule has 1 aromatic rings. The molecule has 0 aromatic heterocycles. The van der Waals surface area contributed by atoms with Gasteiger partial charge >= 0.3 is 11.7 Å². The lowest BCUT2D eigenvalue weighted by molar-refractivity contribution is -0.386. The highest BCUT2D eigenvalue weighted by Gasteiger charge is 2.19. The maximum absolute atomic E-state index is 11.1. The third-order valence-electron chi connectivity index (χ3n) is 2.90. The van der Waals surface area contributed by atoms with Crippen molar-refractivity contribution in [2.75, 3.05) is 0 Å². The molecular formula is C14H19NO5. The van der Waals surface area contributed by atoms with Gasteiger partial charge in [-0.25, -0.2) is 0 Å². The molecule has 1 atom stereocenters. The summed E-state index contributed by atoms with van der Waals surface area (Å²) in [4.78, 5) is 21.2. The van der Waals surface area contributed by atoms with Crippen LogP contribution in [0.2, 0.25) is 0 Å². The van der Waals surface area contributed by atoms with Gasteiger partial charge in [0.15, 0.2) is 5.75 Å². The van der Waals surface area contributed by atoms with Crippen molar-refractivity contribution in [3.8, 4) is 5.75 Å². The number of carboxylic acids is 1. The van der Waals surface area contributed by atoms with Gasteiger partial charge in [0, 0.05) is 12.5 Å². The van der Waals surface area contributed by atoms with Gasteiger partial charge < -0.3 is 9.84 Å². The Labute approximate surface area is 117 Å². The molecule has 0 heterocycles. The Balaban J connectivity index is 2.97. The Morgan fingerprint density at radius 3 is 2.55 bits per heavy atom. The molecule has 0 amide bonds. The lowest BCUT2D eigenvalue weighted by atomic mass is 9.95. The first kappa shape index (κ1) is 15.9. The maximum Gasteiger partial charge on any atom is 0.311 e. The normalized spacial score (nSPS) is 12.2. The van der Waals surface area contributed by atoms with E-state index in [0.29, 0.717) is 6.42 Å². The first-order valence-electron chi connectivity index (χ1n) is 6.48. The van der Waals surface area contributed by atoms with Gasteiger partial charge in [-0.15, -0.1) is 0 Å². The number of carboxylic acid groups (broad SMARTS) is 1. The van der Waals surface area contributed by atoms with Crippen LogP contribution in [0.1, 0.15) is 45.1 Å². The molecule has 0 aliphatic carbocycles. The fraction of sp³-hybridized carbons (Fsp3) is 0.500. The van der Waals surface area contributed by atoms with Crippen LogP contribution < -0.4 is 4.74 Å². The summed E-state index contributed by atoms with van der Waals surface area (Å²) in [5, 5.41) is 19.7. The zero-order valence-electron chi connectivity index (χ0n) is 11.8. The van der Waals surface area contributed by atoms with Gasteiger partial charge in [0.05, 0.1) is 11.0 Å². The number of nitro benzene ring substituents is 1. The van der Waals surface area contributed by atoms with E-state index < -0.39 is 10.9 Å². The average molecular weight is 281 g/mol. The van der Waals surface area contributed by atoms with E-state index in [1.165, 1.54) is 6.07 Å². The molecule has 6 nitrogen and oxygen atoms in total. The Morgan fingerprint density at radius 1 is 1.40 bits per heavy atom. The molecule has 0 aliphatic heterocycles. The second-order valence-electron chi connectivity index (χ2n) is 4.98. The maximum atomic E-state index is 11.1. The van der Waals surface area contributed by atoms with Crippen molar-refractivity contribution >= 4 is 11.7 Å². The van der Waals surface area contributed by atoms with E-state index >= 15 is 0 Å². The summed E-state index contributed by atoms with van der Waals surface area (Å²) in [7, 11) is 0. The summed E-state index contributed by atoms with van der Waals surface area (Å²) in [6.45, 7) is 5.45. The van der Waals surface area contributed by atoms with Crippen LogP contribution in [-0.2, 0) is 4.79 Å². The number of rotatable bonds is 7. The predicted octanol–water partition coefficient (Wildman–Crippen LogP) is 3.35. The minimum atomic E-state index is -0.869. The van der Waals surface area contributed by atoms with Crippen LogP contribution in [0.4, 0.5) is 5.69 Å². The minimum absolute atomic E-state index is 0.0409. The molecule has 0 spiro atoms. The van der Waals surface area contributed by atoms with Gasteiger partial charge in [-0.05, 0) is 37.8 Å². The summed E-state index contributed by atoms with van der Waals surface area (Å²) in [5.74, 6) is -0.691. The van der Waals surface area contributed by atoms with Crippen LogP contribution in [-0.4, -0.2) is 22.1 Å². The quantitative estimate of drug-likeness (QED) is 0.611. The Kier molecular flexibility index (Phi) is 5.49. The van der Waals surface area contributed by atoms with Crippen molar-refractivity contribution in [1.82, 2.24) is 0 Å². The van der Waals surface area contributed by atoms with E-state index in [4.69, 9.17) is 9.84 Å². The Morgan fingerprint density at radius 2 is 2.05 bits per heavy atom. The van der Waals surface area contributed by atoms with Crippen molar-refractivity contribution in [3.05, 3.63) is 33.9 Å². The molecular weight excluding hydrogens is 262 g/mol. The molecule has 110 valence electrons. The molecule has 0 fully saturated rings. The highest BCUT2D eigenvalue weighted by Crippen LogP contribution is 2.32. The van der Waals surface area contributed by atoms with E-state index in [9.17, 15) is 14.9 Å². The number of aliphatic carboxylic acids is 1. The smallest absolute Gasteiger partial charge is 0.311 e. The van der Waals surface area contributed by atoms with Gasteiger partial charge in [0.2, 0.25) is 0 Å². The highest BCUT2D eigenvalue weighted by atomic mass is 16.6. The topological polar surface area (TPSA) is 89.7 Å². The Hall–Kier alpha value is -2.11. The zero-order valence-corrected chi connectivity index (χ0v) is 11.8. The van der Waals surface area contributed by atoms with Crippen LogP contribution in [0, 0.1) is 10.1 Å². The van der Waals surface area contributed by atoms with Crippen molar-refractivity contribution in [3.63, 3.8) is 0 Å². The number of hydrogen-bond donors (Lipinski definition) is 1. The van der Waals surface area contributed by atoms with Crippen LogP contribution in [0.5, 0.6) is 5.75 Å². The largest absolute Gasteiger partial charge is 0.484 e. The number of hydrogen-bond acceptors (Lipinski definition) is 4. The van der Waals surface area contributed by atoms with Gasteiger partial charge in [0.1, 0.15) is 0 Å². The van der Waals surface area contributed by atoms with E-state index in [-0.39, 0.29) is 29.9 Å². The molecule has 1 rings (SSSR count). The molecule has 6 heteroatoms. The molecule has 0 saturated carbocycles. The fourth-order valence-corrected chi connectivity index (χ4v) is 1.84. The molecule has 0 saturated heterocycles. The first-order chi connectivity index (χ1) is 9.31. The minimum Gasteiger partial charge on any atom is -0.484 e. The molecule has 0 radical (unpaired) electrons. The number of nitro groups is 1. The number of nitrogens with zero attached hydrogens (tertiary/aromatic N) is 1. The first-order valence-corrected chi connectivity index (χ1v) is 6.48. The van der Waals surface area contributed by atoms with Gasteiger partial charge in [-0.1, -0.05) is 13.0 Å². The molecule has 20 heavy (non-hydrogen) atoms. The molecule has 0 aliphatic rings. The van der Waals surface area contributed by atoms with Crippen molar-refractivity contribution < 1.29 is 19.6 Å². The lowest BCUT2D eigenvalue weighted by Crippen LogP contribution is -2.08. The third-order valence-corrected chi connectivity index (χ3v) is 2.90. The average Bonchev–Trinajstić information content (AvgIpc) is 2.35. The summed E-state index contributed by atoms with van der Waals surface area (Å²) in [6, 6.07) is 4.78. The standard InChI is InChI=1S/C14H19NO5/c1-9(2)20-13-6-5-11(8-12(13)15(18)19)10(3)4-7-14(16)17/h5-6,8-10H,4,7H2,1-3H3,(H,16,17). The van der Waals surface area contributed by atoms with Gasteiger partial charge in [0.25, 0.3) is 0 Å². The highest BCUT2D eigenvalue weighted by molar-refractivity contribution is 5.66. The summed E-state index contributed by atoms with van der Waals surface area (Å²) >= 11 is 0. The molecule has 1 N–H and O–H groups in total. The summed E-state index contributed by atoms with van der Waals surface area (Å²) in [6.07, 6.45) is 0.333. The number of benzene rings is 1. The van der Waals surface area contributed by atoms with E-state index in [1.54, 1.807) is 26.0 Å². The SMILES string of the molecule is CC(C)Oc1ccc(C(C)CCC(=O)O)cc1[N+](=O)[O-]. The van der Waals surface area contributed by atoms with Crippen LogP contribution in [0.25, 0.3) is 0 Å². The van der Waals surface area contributed by atoms with E-state index in [0.717, 1.165) is 5.56 Å². The predicted molar refractivity (Wildman–Crippen MR) is 74.1 cm³/mol.